The SMILES string of the molecule is COc1cc(/C=C/CO)cc(-c2cc(/C=C/CO)cc(OC)c2O)c1O. The van der Waals surface area contributed by atoms with Crippen molar-refractivity contribution in [3.8, 4) is 34.1 Å². The second kappa shape index (κ2) is 8.94. The van der Waals surface area contributed by atoms with Gasteiger partial charge in [-0.05, 0) is 35.4 Å². The highest BCUT2D eigenvalue weighted by Gasteiger charge is 2.18. The number of hydrogen-bond acceptors (Lipinski definition) is 6. The molecule has 6 nitrogen and oxygen atoms in total. The van der Waals surface area contributed by atoms with E-state index in [2.05, 4.69) is 0 Å². The first kappa shape index (κ1) is 19.4. The Kier molecular flexibility index (Phi) is 6.66. The highest BCUT2D eigenvalue weighted by Crippen LogP contribution is 2.45. The molecule has 0 atom stereocenters. The maximum absolute atomic E-state index is 10.5. The van der Waals surface area contributed by atoms with E-state index in [0.29, 0.717) is 22.3 Å². The highest BCUT2D eigenvalue weighted by atomic mass is 16.5. The summed E-state index contributed by atoms with van der Waals surface area (Å²) in [5, 5.41) is 39.0. The molecule has 0 amide bonds. The van der Waals surface area contributed by atoms with Crippen LogP contribution in [0.1, 0.15) is 11.1 Å². The number of aromatic hydroxyl groups is 2. The molecule has 2 rings (SSSR count). The van der Waals surface area contributed by atoms with Crippen molar-refractivity contribution in [1.29, 1.82) is 0 Å². The van der Waals surface area contributed by atoms with Gasteiger partial charge in [0.25, 0.3) is 0 Å². The molecule has 26 heavy (non-hydrogen) atoms. The molecule has 0 spiro atoms. The lowest BCUT2D eigenvalue weighted by molar-refractivity contribution is 0.343. The van der Waals surface area contributed by atoms with E-state index in [0.717, 1.165) is 0 Å². The summed E-state index contributed by atoms with van der Waals surface area (Å²) in [5.74, 6) is 0.202. The molecule has 0 unspecified atom stereocenters. The molecule has 0 aromatic heterocycles. The molecular weight excluding hydrogens is 336 g/mol. The van der Waals surface area contributed by atoms with E-state index in [9.17, 15) is 10.2 Å². The van der Waals surface area contributed by atoms with E-state index in [1.807, 2.05) is 0 Å². The van der Waals surface area contributed by atoms with Crippen LogP contribution in [0.15, 0.2) is 36.4 Å². The number of hydrogen-bond donors (Lipinski definition) is 4. The molecule has 0 aliphatic carbocycles. The van der Waals surface area contributed by atoms with Gasteiger partial charge in [0.15, 0.2) is 23.0 Å². The number of phenolic OH excluding ortho intramolecular Hbond substituents is 2. The van der Waals surface area contributed by atoms with E-state index >= 15 is 0 Å². The molecular formula is C20H22O6. The van der Waals surface area contributed by atoms with E-state index in [1.54, 1.807) is 48.6 Å². The lowest BCUT2D eigenvalue weighted by Gasteiger charge is -2.15. The molecule has 0 aliphatic rings. The molecule has 0 bridgehead atoms. The second-order valence-corrected chi connectivity index (χ2v) is 5.41. The summed E-state index contributed by atoms with van der Waals surface area (Å²) < 4.78 is 10.4. The van der Waals surface area contributed by atoms with Crippen LogP contribution in [0.2, 0.25) is 0 Å². The monoisotopic (exact) mass is 358 g/mol. The van der Waals surface area contributed by atoms with Gasteiger partial charge >= 0.3 is 0 Å². The zero-order valence-corrected chi connectivity index (χ0v) is 14.6. The van der Waals surface area contributed by atoms with Gasteiger partial charge in [-0.25, -0.2) is 0 Å². The number of aliphatic hydroxyl groups excluding tert-OH is 2. The van der Waals surface area contributed by atoms with Gasteiger partial charge in [0.1, 0.15) is 0 Å². The first-order chi connectivity index (χ1) is 12.5. The van der Waals surface area contributed by atoms with Crippen LogP contribution in [0.4, 0.5) is 0 Å². The van der Waals surface area contributed by atoms with Crippen molar-refractivity contribution in [3.63, 3.8) is 0 Å². The molecule has 0 saturated carbocycles. The van der Waals surface area contributed by atoms with Crippen molar-refractivity contribution in [2.24, 2.45) is 0 Å². The summed E-state index contributed by atoms with van der Waals surface area (Å²) in [5.41, 5.74) is 2.05. The quantitative estimate of drug-likeness (QED) is 0.607. The lowest BCUT2D eigenvalue weighted by atomic mass is 9.97. The molecule has 0 aliphatic heterocycles. The molecule has 6 heteroatoms. The standard InChI is InChI=1S/C20H22O6/c1-25-17-11-13(5-3-7-21)9-15(19(17)23)16-10-14(6-4-8-22)12-18(26-2)20(16)24/h3-6,9-12,21-24H,7-8H2,1-2H3/b5-3+,6-4+. The van der Waals surface area contributed by atoms with E-state index in [-0.39, 0.29) is 36.2 Å². The first-order valence-corrected chi connectivity index (χ1v) is 7.92. The summed E-state index contributed by atoms with van der Waals surface area (Å²) in [6, 6.07) is 6.57. The average molecular weight is 358 g/mol. The molecule has 2 aromatic rings. The molecule has 0 fully saturated rings. The third kappa shape index (κ3) is 4.17. The molecule has 4 N–H and O–H groups in total. The minimum atomic E-state index is -0.130. The lowest BCUT2D eigenvalue weighted by Crippen LogP contribution is -1.92. The van der Waals surface area contributed by atoms with Gasteiger partial charge in [-0.3, -0.25) is 0 Å². The van der Waals surface area contributed by atoms with Crippen LogP contribution < -0.4 is 9.47 Å². The number of aliphatic hydroxyl groups is 2. The van der Waals surface area contributed by atoms with Crippen molar-refractivity contribution in [2.75, 3.05) is 27.4 Å². The Bertz CT molecular complexity index is 754. The number of rotatable bonds is 7. The average Bonchev–Trinajstić information content (AvgIpc) is 2.66. The minimum absolute atomic E-state index is 0.126. The fourth-order valence-corrected chi connectivity index (χ4v) is 2.55. The molecule has 0 saturated heterocycles. The molecule has 138 valence electrons. The summed E-state index contributed by atoms with van der Waals surface area (Å²) in [6.45, 7) is -0.252. The fraction of sp³-hybridized carbons (Fsp3) is 0.200. The van der Waals surface area contributed by atoms with E-state index in [1.165, 1.54) is 14.2 Å². The topological polar surface area (TPSA) is 99.4 Å². The Morgan fingerprint density at radius 2 is 1.12 bits per heavy atom. The van der Waals surface area contributed by atoms with Gasteiger partial charge in [-0.2, -0.15) is 0 Å². The van der Waals surface area contributed by atoms with Crippen LogP contribution in [-0.4, -0.2) is 47.9 Å². The Labute approximate surface area is 151 Å². The third-order valence-corrected chi connectivity index (χ3v) is 3.76. The molecule has 2 aromatic carbocycles. The summed E-state index contributed by atoms with van der Waals surface area (Å²) in [4.78, 5) is 0. The Hall–Kier alpha value is -2.96. The second-order valence-electron chi connectivity index (χ2n) is 5.41. The van der Waals surface area contributed by atoms with Gasteiger partial charge in [0.2, 0.25) is 0 Å². The van der Waals surface area contributed by atoms with Crippen molar-refractivity contribution >= 4 is 12.2 Å². The molecule has 0 heterocycles. The highest BCUT2D eigenvalue weighted by molar-refractivity contribution is 5.83. The summed E-state index contributed by atoms with van der Waals surface area (Å²) >= 11 is 0. The number of phenols is 2. The number of methoxy groups -OCH3 is 2. The van der Waals surface area contributed by atoms with Crippen molar-refractivity contribution in [2.45, 2.75) is 0 Å². The maximum Gasteiger partial charge on any atom is 0.165 e. The van der Waals surface area contributed by atoms with Gasteiger partial charge < -0.3 is 29.9 Å². The number of ether oxygens (including phenoxy) is 2. The van der Waals surface area contributed by atoms with Crippen LogP contribution in [0.3, 0.4) is 0 Å². The van der Waals surface area contributed by atoms with Crippen molar-refractivity contribution in [1.82, 2.24) is 0 Å². The van der Waals surface area contributed by atoms with Crippen LogP contribution in [0.5, 0.6) is 23.0 Å². The normalized spacial score (nSPS) is 11.4. The Balaban J connectivity index is 2.72. The van der Waals surface area contributed by atoms with Crippen LogP contribution in [-0.2, 0) is 0 Å². The van der Waals surface area contributed by atoms with Crippen LogP contribution in [0.25, 0.3) is 23.3 Å². The smallest absolute Gasteiger partial charge is 0.165 e. The fourth-order valence-electron chi connectivity index (χ4n) is 2.55. The largest absolute Gasteiger partial charge is 0.504 e. The van der Waals surface area contributed by atoms with Gasteiger partial charge in [-0.1, -0.05) is 24.3 Å². The zero-order valence-electron chi connectivity index (χ0n) is 14.6. The Morgan fingerprint density at radius 1 is 0.731 bits per heavy atom. The number of benzene rings is 2. The van der Waals surface area contributed by atoms with Crippen LogP contribution in [0, 0.1) is 0 Å². The van der Waals surface area contributed by atoms with Gasteiger partial charge in [-0.15, -0.1) is 0 Å². The summed E-state index contributed by atoms with van der Waals surface area (Å²) in [6.07, 6.45) is 6.46. The predicted octanol–water partition coefficient (Wildman–Crippen LogP) is 2.79. The predicted molar refractivity (Wildman–Crippen MR) is 101 cm³/mol. The van der Waals surface area contributed by atoms with E-state index in [4.69, 9.17) is 19.7 Å². The van der Waals surface area contributed by atoms with Crippen LogP contribution >= 0.6 is 0 Å². The zero-order chi connectivity index (χ0) is 19.1. The van der Waals surface area contributed by atoms with E-state index < -0.39 is 0 Å². The maximum atomic E-state index is 10.5. The van der Waals surface area contributed by atoms with Crippen molar-refractivity contribution in [3.05, 3.63) is 47.5 Å². The minimum Gasteiger partial charge on any atom is -0.504 e. The Morgan fingerprint density at radius 3 is 1.42 bits per heavy atom. The van der Waals surface area contributed by atoms with Crippen molar-refractivity contribution < 1.29 is 29.9 Å². The molecule has 0 radical (unpaired) electrons. The first-order valence-electron chi connectivity index (χ1n) is 7.92. The third-order valence-electron chi connectivity index (χ3n) is 3.76. The summed E-state index contributed by atoms with van der Waals surface area (Å²) in [7, 11) is 2.86. The van der Waals surface area contributed by atoms with Gasteiger partial charge in [0.05, 0.1) is 27.4 Å². The van der Waals surface area contributed by atoms with Gasteiger partial charge in [0, 0.05) is 11.1 Å².